The van der Waals surface area contributed by atoms with Gasteiger partial charge in [-0.3, -0.25) is 0 Å². The van der Waals surface area contributed by atoms with Crippen LogP contribution in [0.15, 0.2) is 59.2 Å². The van der Waals surface area contributed by atoms with Crippen LogP contribution < -0.4 is 4.90 Å². The van der Waals surface area contributed by atoms with E-state index in [1.807, 2.05) is 24.3 Å². The van der Waals surface area contributed by atoms with Crippen molar-refractivity contribution in [2.24, 2.45) is 4.99 Å². The molecule has 0 N–H and O–H groups in total. The van der Waals surface area contributed by atoms with Crippen LogP contribution in [0.2, 0.25) is 0 Å². The molecule has 1 aliphatic heterocycles. The van der Waals surface area contributed by atoms with Gasteiger partial charge in [0.1, 0.15) is 5.82 Å². The second kappa shape index (κ2) is 7.30. The van der Waals surface area contributed by atoms with Crippen molar-refractivity contribution in [3.05, 3.63) is 71.2 Å². The SMILES string of the molecule is CCN(CC)c1ccc(/C=C2/N=C(c3ccc(F)cc3)OC2=O)cc1. The maximum absolute atomic E-state index is 13.0. The van der Waals surface area contributed by atoms with Gasteiger partial charge in [0.25, 0.3) is 0 Å². The van der Waals surface area contributed by atoms with Gasteiger partial charge in [-0.1, -0.05) is 12.1 Å². The van der Waals surface area contributed by atoms with Gasteiger partial charge in [0.05, 0.1) is 0 Å². The van der Waals surface area contributed by atoms with Crippen LogP contribution >= 0.6 is 0 Å². The predicted octanol–water partition coefficient (Wildman–Crippen LogP) is 4.02. The van der Waals surface area contributed by atoms with Gasteiger partial charge in [-0.15, -0.1) is 0 Å². The number of anilines is 1. The first-order chi connectivity index (χ1) is 12.1. The summed E-state index contributed by atoms with van der Waals surface area (Å²) in [5.74, 6) is -0.666. The van der Waals surface area contributed by atoms with E-state index in [9.17, 15) is 9.18 Å². The molecule has 0 spiro atoms. The molecule has 2 aromatic rings. The van der Waals surface area contributed by atoms with E-state index in [0.717, 1.165) is 24.3 Å². The highest BCUT2D eigenvalue weighted by atomic mass is 19.1. The molecule has 0 aliphatic carbocycles. The molecular weight excluding hydrogens is 319 g/mol. The number of carbonyl (C=O) groups is 1. The number of hydrogen-bond acceptors (Lipinski definition) is 4. The molecule has 4 nitrogen and oxygen atoms in total. The van der Waals surface area contributed by atoms with Crippen LogP contribution in [0, 0.1) is 5.82 Å². The molecule has 0 fully saturated rings. The lowest BCUT2D eigenvalue weighted by molar-refractivity contribution is -0.129. The van der Waals surface area contributed by atoms with Crippen molar-refractivity contribution in [2.75, 3.05) is 18.0 Å². The molecule has 0 saturated heterocycles. The highest BCUT2D eigenvalue weighted by Gasteiger charge is 2.24. The average Bonchev–Trinajstić information content (AvgIpc) is 2.99. The lowest BCUT2D eigenvalue weighted by Crippen LogP contribution is -2.21. The Morgan fingerprint density at radius 1 is 1.04 bits per heavy atom. The third kappa shape index (κ3) is 3.76. The van der Waals surface area contributed by atoms with Crippen LogP contribution in [0.25, 0.3) is 6.08 Å². The molecule has 0 unspecified atom stereocenters. The molecule has 0 radical (unpaired) electrons. The summed E-state index contributed by atoms with van der Waals surface area (Å²) in [5, 5.41) is 0. The molecule has 0 bridgehead atoms. The van der Waals surface area contributed by atoms with Crippen molar-refractivity contribution in [2.45, 2.75) is 13.8 Å². The van der Waals surface area contributed by atoms with E-state index < -0.39 is 5.97 Å². The molecule has 1 aliphatic rings. The van der Waals surface area contributed by atoms with Crippen LogP contribution in [0.1, 0.15) is 25.0 Å². The molecule has 0 atom stereocenters. The molecule has 1 heterocycles. The summed E-state index contributed by atoms with van der Waals surface area (Å²) in [6.07, 6.45) is 1.69. The number of esters is 1. The molecule has 0 aromatic heterocycles. The van der Waals surface area contributed by atoms with Crippen LogP contribution in [0.5, 0.6) is 0 Å². The molecular formula is C20H19FN2O2. The topological polar surface area (TPSA) is 41.9 Å². The number of benzene rings is 2. The number of halogens is 1. The Hall–Kier alpha value is -2.95. The summed E-state index contributed by atoms with van der Waals surface area (Å²) in [7, 11) is 0. The number of hydrogen-bond donors (Lipinski definition) is 0. The van der Waals surface area contributed by atoms with Gasteiger partial charge in [0.15, 0.2) is 5.70 Å². The van der Waals surface area contributed by atoms with E-state index in [4.69, 9.17) is 4.74 Å². The largest absolute Gasteiger partial charge is 0.402 e. The van der Waals surface area contributed by atoms with Crippen LogP contribution in [-0.2, 0) is 9.53 Å². The number of nitrogens with zero attached hydrogens (tertiary/aromatic N) is 2. The van der Waals surface area contributed by atoms with Gasteiger partial charge < -0.3 is 9.64 Å². The first kappa shape index (κ1) is 16.9. The van der Waals surface area contributed by atoms with Crippen molar-refractivity contribution in [3.63, 3.8) is 0 Å². The molecule has 5 heteroatoms. The zero-order valence-corrected chi connectivity index (χ0v) is 14.2. The first-order valence-corrected chi connectivity index (χ1v) is 8.24. The number of cyclic esters (lactones) is 1. The van der Waals surface area contributed by atoms with Crippen molar-refractivity contribution in [3.8, 4) is 0 Å². The highest BCUT2D eigenvalue weighted by molar-refractivity contribution is 6.12. The summed E-state index contributed by atoms with van der Waals surface area (Å²) in [6, 6.07) is 13.6. The molecule has 2 aromatic carbocycles. The maximum atomic E-state index is 13.0. The van der Waals surface area contributed by atoms with Crippen LogP contribution in [-0.4, -0.2) is 25.0 Å². The monoisotopic (exact) mass is 338 g/mol. The van der Waals surface area contributed by atoms with Crippen LogP contribution in [0.3, 0.4) is 0 Å². The Bertz CT molecular complexity index is 820. The fraction of sp³-hybridized carbons (Fsp3) is 0.200. The van der Waals surface area contributed by atoms with E-state index in [1.54, 1.807) is 6.08 Å². The highest BCUT2D eigenvalue weighted by Crippen LogP contribution is 2.21. The Labute approximate surface area is 146 Å². The van der Waals surface area contributed by atoms with E-state index in [1.165, 1.54) is 24.3 Å². The summed E-state index contributed by atoms with van der Waals surface area (Å²) >= 11 is 0. The smallest absolute Gasteiger partial charge is 0.363 e. The third-order valence-electron chi connectivity index (χ3n) is 4.04. The van der Waals surface area contributed by atoms with Crippen molar-refractivity contribution >= 4 is 23.6 Å². The maximum Gasteiger partial charge on any atom is 0.363 e. The zero-order chi connectivity index (χ0) is 17.8. The summed E-state index contributed by atoms with van der Waals surface area (Å²) in [4.78, 5) is 18.5. The molecule has 25 heavy (non-hydrogen) atoms. The Morgan fingerprint density at radius 2 is 1.68 bits per heavy atom. The van der Waals surface area contributed by atoms with Gasteiger partial charge in [-0.25, -0.2) is 14.2 Å². The summed E-state index contributed by atoms with van der Waals surface area (Å²) in [5.41, 5.74) is 2.80. The Balaban J connectivity index is 1.83. The lowest BCUT2D eigenvalue weighted by Gasteiger charge is -2.20. The second-order valence-electron chi connectivity index (χ2n) is 5.61. The predicted molar refractivity (Wildman–Crippen MR) is 97.0 cm³/mol. The van der Waals surface area contributed by atoms with Gasteiger partial charge in [0, 0.05) is 24.3 Å². The Morgan fingerprint density at radius 3 is 2.28 bits per heavy atom. The first-order valence-electron chi connectivity index (χ1n) is 8.24. The molecule has 0 saturated carbocycles. The zero-order valence-electron chi connectivity index (χ0n) is 14.2. The van der Waals surface area contributed by atoms with E-state index in [-0.39, 0.29) is 17.4 Å². The normalized spacial score (nSPS) is 15.2. The number of carbonyl (C=O) groups excluding carboxylic acids is 1. The van der Waals surface area contributed by atoms with Gasteiger partial charge >= 0.3 is 5.97 Å². The number of aliphatic imine (C=N–C) groups is 1. The number of rotatable bonds is 5. The fourth-order valence-corrected chi connectivity index (χ4v) is 2.65. The van der Waals surface area contributed by atoms with E-state index in [2.05, 4.69) is 23.7 Å². The van der Waals surface area contributed by atoms with Gasteiger partial charge in [-0.05, 0) is 61.9 Å². The minimum atomic E-state index is -0.507. The lowest BCUT2D eigenvalue weighted by atomic mass is 10.1. The van der Waals surface area contributed by atoms with Crippen molar-refractivity contribution in [1.82, 2.24) is 0 Å². The quantitative estimate of drug-likeness (QED) is 0.611. The number of ether oxygens (including phenoxy) is 1. The van der Waals surface area contributed by atoms with Crippen LogP contribution in [0.4, 0.5) is 10.1 Å². The van der Waals surface area contributed by atoms with Gasteiger partial charge in [-0.2, -0.15) is 0 Å². The Kier molecular flexibility index (Phi) is 4.93. The van der Waals surface area contributed by atoms with Crippen molar-refractivity contribution in [1.29, 1.82) is 0 Å². The summed E-state index contributed by atoms with van der Waals surface area (Å²) < 4.78 is 18.2. The fourth-order valence-electron chi connectivity index (χ4n) is 2.65. The molecule has 0 amide bonds. The van der Waals surface area contributed by atoms with Gasteiger partial charge in [0.2, 0.25) is 5.90 Å². The minimum absolute atomic E-state index is 0.191. The molecule has 3 rings (SSSR count). The van der Waals surface area contributed by atoms with E-state index >= 15 is 0 Å². The second-order valence-corrected chi connectivity index (χ2v) is 5.61. The summed E-state index contributed by atoms with van der Waals surface area (Å²) in [6.45, 7) is 6.10. The van der Waals surface area contributed by atoms with E-state index in [0.29, 0.717) is 5.56 Å². The molecule has 128 valence electrons. The average molecular weight is 338 g/mol. The standard InChI is InChI=1S/C20H19FN2O2/c1-3-23(4-2)17-11-5-14(6-12-17)13-18-20(24)25-19(22-18)15-7-9-16(21)10-8-15/h5-13H,3-4H2,1-2H3/b18-13+. The van der Waals surface area contributed by atoms with Crippen molar-refractivity contribution < 1.29 is 13.9 Å². The third-order valence-corrected chi connectivity index (χ3v) is 4.04. The minimum Gasteiger partial charge on any atom is -0.402 e.